The van der Waals surface area contributed by atoms with Crippen LogP contribution in [0.1, 0.15) is 51.5 Å². The van der Waals surface area contributed by atoms with Crippen LogP contribution in [0.25, 0.3) is 0 Å². The minimum atomic E-state index is 0.810. The standard InChI is InChI=1S/C20H36N2O2/c1-5-7-13-22(14-8-6-2)15-9-12-21-17-18-16-19(23-3)10-11-20(18)24-4/h10-11,16,21H,5-9,12-15,17H2,1-4H3. The molecule has 138 valence electrons. The van der Waals surface area contributed by atoms with Gasteiger partial charge in [-0.25, -0.2) is 0 Å². The van der Waals surface area contributed by atoms with Crippen molar-refractivity contribution in [2.75, 3.05) is 40.4 Å². The topological polar surface area (TPSA) is 33.7 Å². The molecule has 1 rings (SSSR count). The molecule has 0 aromatic heterocycles. The van der Waals surface area contributed by atoms with Gasteiger partial charge >= 0.3 is 0 Å². The molecule has 0 aliphatic carbocycles. The third kappa shape index (κ3) is 8.02. The Kier molecular flexibility index (Phi) is 11.3. The van der Waals surface area contributed by atoms with E-state index in [0.29, 0.717) is 0 Å². The van der Waals surface area contributed by atoms with Gasteiger partial charge in [0.1, 0.15) is 11.5 Å². The molecular weight excluding hydrogens is 300 g/mol. The number of methoxy groups -OCH3 is 2. The lowest BCUT2D eigenvalue weighted by atomic mass is 10.2. The first-order chi connectivity index (χ1) is 11.7. The number of nitrogens with zero attached hydrogens (tertiary/aromatic N) is 1. The predicted octanol–water partition coefficient (Wildman–Crippen LogP) is 4.09. The highest BCUT2D eigenvalue weighted by Crippen LogP contribution is 2.23. The zero-order chi connectivity index (χ0) is 17.6. The Morgan fingerprint density at radius 1 is 0.917 bits per heavy atom. The summed E-state index contributed by atoms with van der Waals surface area (Å²) in [5.74, 6) is 1.79. The number of hydrogen-bond acceptors (Lipinski definition) is 4. The Bertz CT molecular complexity index is 430. The largest absolute Gasteiger partial charge is 0.497 e. The molecule has 4 heteroatoms. The summed E-state index contributed by atoms with van der Waals surface area (Å²) in [6, 6.07) is 5.94. The van der Waals surface area contributed by atoms with Crippen molar-refractivity contribution < 1.29 is 9.47 Å². The number of rotatable bonds is 14. The van der Waals surface area contributed by atoms with E-state index in [9.17, 15) is 0 Å². The van der Waals surface area contributed by atoms with Crippen LogP contribution in [-0.4, -0.2) is 45.3 Å². The van der Waals surface area contributed by atoms with Gasteiger partial charge in [-0.2, -0.15) is 0 Å². The van der Waals surface area contributed by atoms with E-state index in [1.54, 1.807) is 14.2 Å². The fraction of sp³-hybridized carbons (Fsp3) is 0.700. The van der Waals surface area contributed by atoms with Crippen molar-refractivity contribution >= 4 is 0 Å². The Morgan fingerprint density at radius 3 is 2.17 bits per heavy atom. The van der Waals surface area contributed by atoms with Gasteiger partial charge in [-0.15, -0.1) is 0 Å². The number of unbranched alkanes of at least 4 members (excludes halogenated alkanes) is 2. The van der Waals surface area contributed by atoms with Crippen LogP contribution >= 0.6 is 0 Å². The summed E-state index contributed by atoms with van der Waals surface area (Å²) in [5, 5.41) is 3.53. The number of hydrogen-bond donors (Lipinski definition) is 1. The zero-order valence-electron chi connectivity index (χ0n) is 16.1. The lowest BCUT2D eigenvalue weighted by Crippen LogP contribution is -2.29. The monoisotopic (exact) mass is 336 g/mol. The van der Waals surface area contributed by atoms with Gasteiger partial charge in [-0.05, 0) is 63.6 Å². The molecule has 0 aliphatic heterocycles. The molecule has 1 aromatic rings. The maximum Gasteiger partial charge on any atom is 0.123 e. The van der Waals surface area contributed by atoms with Crippen LogP contribution in [0.2, 0.25) is 0 Å². The Morgan fingerprint density at radius 2 is 1.58 bits per heavy atom. The van der Waals surface area contributed by atoms with Crippen LogP contribution in [0.3, 0.4) is 0 Å². The van der Waals surface area contributed by atoms with E-state index >= 15 is 0 Å². The summed E-state index contributed by atoms with van der Waals surface area (Å²) in [6.45, 7) is 10.0. The molecule has 0 atom stereocenters. The van der Waals surface area contributed by atoms with E-state index in [4.69, 9.17) is 9.47 Å². The molecule has 0 unspecified atom stereocenters. The highest BCUT2D eigenvalue weighted by atomic mass is 16.5. The number of benzene rings is 1. The average molecular weight is 337 g/mol. The molecule has 24 heavy (non-hydrogen) atoms. The van der Waals surface area contributed by atoms with Crippen LogP contribution in [0.15, 0.2) is 18.2 Å². The lowest BCUT2D eigenvalue weighted by Gasteiger charge is -2.22. The maximum absolute atomic E-state index is 5.42. The minimum absolute atomic E-state index is 0.810. The molecule has 0 saturated heterocycles. The van der Waals surface area contributed by atoms with Gasteiger partial charge in [0.2, 0.25) is 0 Å². The average Bonchev–Trinajstić information content (AvgIpc) is 2.62. The van der Waals surface area contributed by atoms with Crippen LogP contribution in [0, 0.1) is 0 Å². The summed E-state index contributed by atoms with van der Waals surface area (Å²) < 4.78 is 10.7. The van der Waals surface area contributed by atoms with Crippen LogP contribution < -0.4 is 14.8 Å². The van der Waals surface area contributed by atoms with E-state index in [0.717, 1.165) is 30.2 Å². The molecule has 0 bridgehead atoms. The molecule has 4 nitrogen and oxygen atoms in total. The number of nitrogens with one attached hydrogen (secondary N) is 1. The molecular formula is C20H36N2O2. The van der Waals surface area contributed by atoms with Gasteiger partial charge in [0.15, 0.2) is 0 Å². The molecule has 0 radical (unpaired) electrons. The van der Waals surface area contributed by atoms with Crippen molar-refractivity contribution in [1.82, 2.24) is 10.2 Å². The Balaban J connectivity index is 2.33. The van der Waals surface area contributed by atoms with E-state index in [2.05, 4.69) is 24.1 Å². The third-order valence-corrected chi connectivity index (χ3v) is 4.29. The quantitative estimate of drug-likeness (QED) is 0.519. The summed E-state index contributed by atoms with van der Waals surface area (Å²) >= 11 is 0. The van der Waals surface area contributed by atoms with Gasteiger partial charge in [-0.1, -0.05) is 26.7 Å². The fourth-order valence-electron chi connectivity index (χ4n) is 2.77. The van der Waals surface area contributed by atoms with E-state index in [1.165, 1.54) is 51.7 Å². The highest BCUT2D eigenvalue weighted by molar-refractivity contribution is 5.40. The van der Waals surface area contributed by atoms with Gasteiger partial charge in [0.05, 0.1) is 14.2 Å². The van der Waals surface area contributed by atoms with E-state index in [-0.39, 0.29) is 0 Å². The molecule has 1 N–H and O–H groups in total. The lowest BCUT2D eigenvalue weighted by molar-refractivity contribution is 0.261. The summed E-state index contributed by atoms with van der Waals surface area (Å²) in [7, 11) is 3.41. The molecule has 1 aromatic carbocycles. The summed E-state index contributed by atoms with van der Waals surface area (Å²) in [6.07, 6.45) is 6.34. The van der Waals surface area contributed by atoms with Gasteiger partial charge in [-0.3, -0.25) is 0 Å². The first kappa shape index (κ1) is 20.8. The Hall–Kier alpha value is -1.26. The predicted molar refractivity (Wildman–Crippen MR) is 102 cm³/mol. The normalized spacial score (nSPS) is 11.0. The van der Waals surface area contributed by atoms with Crippen molar-refractivity contribution in [1.29, 1.82) is 0 Å². The van der Waals surface area contributed by atoms with Crippen molar-refractivity contribution in [2.45, 2.75) is 52.5 Å². The van der Waals surface area contributed by atoms with Gasteiger partial charge < -0.3 is 19.7 Å². The number of ether oxygens (including phenoxy) is 2. The molecule has 0 amide bonds. The smallest absolute Gasteiger partial charge is 0.123 e. The van der Waals surface area contributed by atoms with E-state index < -0.39 is 0 Å². The van der Waals surface area contributed by atoms with E-state index in [1.807, 2.05) is 18.2 Å². The first-order valence-electron chi connectivity index (χ1n) is 9.39. The van der Waals surface area contributed by atoms with Crippen molar-refractivity contribution in [3.05, 3.63) is 23.8 Å². The van der Waals surface area contributed by atoms with Gasteiger partial charge in [0.25, 0.3) is 0 Å². The second-order valence-electron chi connectivity index (χ2n) is 6.26. The zero-order valence-corrected chi connectivity index (χ0v) is 16.1. The Labute approximate surface area is 148 Å². The minimum Gasteiger partial charge on any atom is -0.497 e. The summed E-state index contributed by atoms with van der Waals surface area (Å²) in [5.41, 5.74) is 1.14. The van der Waals surface area contributed by atoms with Crippen molar-refractivity contribution in [3.8, 4) is 11.5 Å². The first-order valence-corrected chi connectivity index (χ1v) is 9.39. The molecule has 0 fully saturated rings. The third-order valence-electron chi connectivity index (χ3n) is 4.29. The maximum atomic E-state index is 5.42. The molecule has 0 spiro atoms. The highest BCUT2D eigenvalue weighted by Gasteiger charge is 2.06. The van der Waals surface area contributed by atoms with Crippen molar-refractivity contribution in [3.63, 3.8) is 0 Å². The van der Waals surface area contributed by atoms with Crippen LogP contribution in [0.4, 0.5) is 0 Å². The SMILES string of the molecule is CCCCN(CCCC)CCCNCc1cc(OC)ccc1OC. The van der Waals surface area contributed by atoms with Crippen LogP contribution in [-0.2, 0) is 6.54 Å². The van der Waals surface area contributed by atoms with Gasteiger partial charge in [0, 0.05) is 12.1 Å². The van der Waals surface area contributed by atoms with Crippen molar-refractivity contribution in [2.24, 2.45) is 0 Å². The second-order valence-corrected chi connectivity index (χ2v) is 6.26. The fourth-order valence-corrected chi connectivity index (χ4v) is 2.77. The second kappa shape index (κ2) is 13.1. The molecule has 0 aliphatic rings. The molecule has 0 saturated carbocycles. The van der Waals surface area contributed by atoms with Crippen LogP contribution in [0.5, 0.6) is 11.5 Å². The molecule has 0 heterocycles. The summed E-state index contributed by atoms with van der Waals surface area (Å²) in [4.78, 5) is 2.61.